The molecule has 2 aromatic heterocycles. The Hall–Kier alpha value is -3.71. The van der Waals surface area contributed by atoms with E-state index in [9.17, 15) is 9.59 Å². The van der Waals surface area contributed by atoms with Crippen molar-refractivity contribution in [3.63, 3.8) is 0 Å². The molecule has 0 radical (unpaired) electrons. The number of carbonyl (C=O) groups is 2. The van der Waals surface area contributed by atoms with Gasteiger partial charge in [0.05, 0.1) is 36.2 Å². The van der Waals surface area contributed by atoms with Crippen molar-refractivity contribution in [1.82, 2.24) is 10.3 Å². The predicted molar refractivity (Wildman–Crippen MR) is 126 cm³/mol. The molecular formula is C25H23N3O3S. The van der Waals surface area contributed by atoms with E-state index in [0.29, 0.717) is 22.7 Å². The lowest BCUT2D eigenvalue weighted by Gasteiger charge is -2.10. The van der Waals surface area contributed by atoms with Crippen LogP contribution in [0, 0.1) is 0 Å². The Kier molecular flexibility index (Phi) is 6.77. The van der Waals surface area contributed by atoms with Crippen molar-refractivity contribution in [2.45, 2.75) is 26.3 Å². The molecule has 2 heterocycles. The minimum atomic E-state index is -0.288. The number of aromatic nitrogens is 1. The number of aryl methyl sites for hydroxylation is 1. The van der Waals surface area contributed by atoms with E-state index < -0.39 is 0 Å². The quantitative estimate of drug-likeness (QED) is 0.396. The lowest BCUT2D eigenvalue weighted by Crippen LogP contribution is -2.25. The molecule has 0 fully saturated rings. The van der Waals surface area contributed by atoms with Gasteiger partial charge in [0.15, 0.2) is 0 Å². The van der Waals surface area contributed by atoms with Gasteiger partial charge in [-0.05, 0) is 36.2 Å². The fourth-order valence-corrected chi connectivity index (χ4v) is 4.05. The average molecular weight is 446 g/mol. The Bertz CT molecular complexity index is 1200. The lowest BCUT2D eigenvalue weighted by molar-refractivity contribution is -0.115. The number of anilines is 1. The highest BCUT2D eigenvalue weighted by Crippen LogP contribution is 2.25. The van der Waals surface area contributed by atoms with Gasteiger partial charge in [-0.15, -0.1) is 11.3 Å². The molecule has 0 aliphatic rings. The van der Waals surface area contributed by atoms with Gasteiger partial charge in [-0.3, -0.25) is 9.59 Å². The van der Waals surface area contributed by atoms with Crippen LogP contribution in [-0.2, 0) is 24.2 Å². The molecule has 2 N–H and O–H groups in total. The molecule has 7 heteroatoms. The van der Waals surface area contributed by atoms with Crippen LogP contribution in [0.2, 0.25) is 0 Å². The Morgan fingerprint density at radius 2 is 1.84 bits per heavy atom. The summed E-state index contributed by atoms with van der Waals surface area (Å²) in [6, 6.07) is 18.8. The van der Waals surface area contributed by atoms with Crippen molar-refractivity contribution >= 4 is 28.8 Å². The van der Waals surface area contributed by atoms with E-state index in [1.165, 1.54) is 16.9 Å². The second kappa shape index (κ2) is 10.1. The number of nitrogens with one attached hydrogen (secondary N) is 2. The zero-order chi connectivity index (χ0) is 22.3. The van der Waals surface area contributed by atoms with Gasteiger partial charge in [0, 0.05) is 10.9 Å². The number of para-hydroxylation sites is 1. The number of hydrogen-bond donors (Lipinski definition) is 2. The largest absolute Gasteiger partial charge is 0.467 e. The maximum absolute atomic E-state index is 12.6. The van der Waals surface area contributed by atoms with Crippen LogP contribution in [0.1, 0.15) is 34.3 Å². The van der Waals surface area contributed by atoms with Crippen molar-refractivity contribution in [3.8, 4) is 10.6 Å². The van der Waals surface area contributed by atoms with E-state index in [1.807, 2.05) is 5.38 Å². The van der Waals surface area contributed by atoms with Crippen LogP contribution in [-0.4, -0.2) is 16.8 Å². The monoisotopic (exact) mass is 445 g/mol. The van der Waals surface area contributed by atoms with Gasteiger partial charge in [-0.1, -0.05) is 43.3 Å². The summed E-state index contributed by atoms with van der Waals surface area (Å²) in [7, 11) is 0. The third kappa shape index (κ3) is 5.31. The molecule has 0 bridgehead atoms. The number of thiazole rings is 1. The molecule has 162 valence electrons. The highest BCUT2D eigenvalue weighted by Gasteiger charge is 2.15. The van der Waals surface area contributed by atoms with Crippen LogP contribution in [0.4, 0.5) is 5.69 Å². The molecule has 0 aliphatic heterocycles. The number of rotatable bonds is 8. The van der Waals surface area contributed by atoms with Crippen LogP contribution >= 0.6 is 11.3 Å². The fourth-order valence-electron chi connectivity index (χ4n) is 3.23. The third-order valence-electron chi connectivity index (χ3n) is 4.95. The highest BCUT2D eigenvalue weighted by atomic mass is 32.1. The number of hydrogen-bond acceptors (Lipinski definition) is 5. The van der Waals surface area contributed by atoms with Crippen LogP contribution in [0.25, 0.3) is 10.6 Å². The zero-order valence-corrected chi connectivity index (χ0v) is 18.4. The number of carbonyl (C=O) groups excluding carboxylic acids is 2. The summed E-state index contributed by atoms with van der Waals surface area (Å²) in [5, 5.41) is 8.41. The molecule has 2 aromatic carbocycles. The van der Waals surface area contributed by atoms with Gasteiger partial charge in [-0.2, -0.15) is 0 Å². The van der Waals surface area contributed by atoms with E-state index in [4.69, 9.17) is 4.42 Å². The molecule has 4 rings (SSSR count). The first kappa shape index (κ1) is 21.5. The van der Waals surface area contributed by atoms with Crippen molar-refractivity contribution in [2.24, 2.45) is 0 Å². The van der Waals surface area contributed by atoms with Crippen LogP contribution in [0.5, 0.6) is 0 Å². The van der Waals surface area contributed by atoms with Crippen molar-refractivity contribution in [3.05, 3.63) is 94.9 Å². The standard InChI is InChI=1S/C25H23N3O3S/c1-2-17-9-11-18(12-10-17)25-27-19(16-32-25)14-23(29)28-22-8-4-3-7-21(22)24(30)26-15-20-6-5-13-31-20/h3-13,16H,2,14-15H2,1H3,(H,26,30)(H,28,29). The summed E-state index contributed by atoms with van der Waals surface area (Å²) in [6.45, 7) is 2.39. The smallest absolute Gasteiger partial charge is 0.253 e. The molecular weight excluding hydrogens is 422 g/mol. The second-order valence-electron chi connectivity index (χ2n) is 7.23. The molecule has 0 atom stereocenters. The Morgan fingerprint density at radius 1 is 1.03 bits per heavy atom. The number of nitrogens with zero attached hydrogens (tertiary/aromatic N) is 1. The van der Waals surface area contributed by atoms with E-state index in [-0.39, 0.29) is 24.8 Å². The number of furan rings is 1. The predicted octanol–water partition coefficient (Wildman–Crippen LogP) is 5.08. The van der Waals surface area contributed by atoms with E-state index in [2.05, 4.69) is 46.8 Å². The molecule has 32 heavy (non-hydrogen) atoms. The van der Waals surface area contributed by atoms with E-state index in [1.54, 1.807) is 42.7 Å². The van der Waals surface area contributed by atoms with E-state index >= 15 is 0 Å². The normalized spacial score (nSPS) is 10.7. The van der Waals surface area contributed by atoms with Crippen molar-refractivity contribution in [2.75, 3.05) is 5.32 Å². The van der Waals surface area contributed by atoms with Crippen LogP contribution < -0.4 is 10.6 Å². The van der Waals surface area contributed by atoms with Crippen LogP contribution in [0.3, 0.4) is 0 Å². The maximum atomic E-state index is 12.6. The molecule has 0 unspecified atom stereocenters. The van der Waals surface area contributed by atoms with Gasteiger partial charge < -0.3 is 15.1 Å². The van der Waals surface area contributed by atoms with Gasteiger partial charge in [0.25, 0.3) is 5.91 Å². The Balaban J connectivity index is 1.39. The van der Waals surface area contributed by atoms with Gasteiger partial charge >= 0.3 is 0 Å². The first-order valence-corrected chi connectivity index (χ1v) is 11.2. The zero-order valence-electron chi connectivity index (χ0n) is 17.6. The van der Waals surface area contributed by atoms with E-state index in [0.717, 1.165) is 17.0 Å². The number of benzene rings is 2. The third-order valence-corrected chi connectivity index (χ3v) is 5.89. The highest BCUT2D eigenvalue weighted by molar-refractivity contribution is 7.13. The van der Waals surface area contributed by atoms with Crippen LogP contribution in [0.15, 0.2) is 76.7 Å². The van der Waals surface area contributed by atoms with Gasteiger partial charge in [0.1, 0.15) is 10.8 Å². The molecule has 0 saturated carbocycles. The first-order chi connectivity index (χ1) is 15.6. The Morgan fingerprint density at radius 3 is 2.59 bits per heavy atom. The average Bonchev–Trinajstić information content (AvgIpc) is 3.50. The van der Waals surface area contributed by atoms with Crippen molar-refractivity contribution < 1.29 is 14.0 Å². The number of amides is 2. The topological polar surface area (TPSA) is 84.2 Å². The lowest BCUT2D eigenvalue weighted by atomic mass is 10.1. The summed E-state index contributed by atoms with van der Waals surface area (Å²) in [5.74, 6) is 0.141. The molecule has 2 amide bonds. The summed E-state index contributed by atoms with van der Waals surface area (Å²) < 4.78 is 5.24. The summed E-state index contributed by atoms with van der Waals surface area (Å²) in [5.41, 5.74) is 3.86. The first-order valence-electron chi connectivity index (χ1n) is 10.4. The van der Waals surface area contributed by atoms with Gasteiger partial charge in [0.2, 0.25) is 5.91 Å². The van der Waals surface area contributed by atoms with Gasteiger partial charge in [-0.25, -0.2) is 4.98 Å². The molecule has 4 aromatic rings. The summed E-state index contributed by atoms with van der Waals surface area (Å²) in [4.78, 5) is 29.8. The summed E-state index contributed by atoms with van der Waals surface area (Å²) >= 11 is 1.51. The fraction of sp³-hybridized carbons (Fsp3) is 0.160. The SMILES string of the molecule is CCc1ccc(-c2nc(CC(=O)Nc3ccccc3C(=O)NCc3ccco3)cs2)cc1. The Labute approximate surface area is 190 Å². The molecule has 6 nitrogen and oxygen atoms in total. The minimum absolute atomic E-state index is 0.131. The maximum Gasteiger partial charge on any atom is 0.253 e. The second-order valence-corrected chi connectivity index (χ2v) is 8.09. The molecule has 0 spiro atoms. The molecule has 0 aliphatic carbocycles. The summed E-state index contributed by atoms with van der Waals surface area (Å²) in [6.07, 6.45) is 2.68. The van der Waals surface area contributed by atoms with Crippen molar-refractivity contribution in [1.29, 1.82) is 0 Å². The molecule has 0 saturated heterocycles. The minimum Gasteiger partial charge on any atom is -0.467 e.